The highest BCUT2D eigenvalue weighted by Crippen LogP contribution is 2.20. The first-order valence-electron chi connectivity index (χ1n) is 7.63. The maximum absolute atomic E-state index is 5.93. The number of hydrogen-bond donors (Lipinski definition) is 1. The lowest BCUT2D eigenvalue weighted by molar-refractivity contribution is 0.292. The van der Waals surface area contributed by atoms with Crippen molar-refractivity contribution >= 4 is 0 Å². The van der Waals surface area contributed by atoms with E-state index in [9.17, 15) is 0 Å². The molecule has 2 rings (SSSR count). The molecule has 0 saturated carbocycles. The molecule has 4 nitrogen and oxygen atoms in total. The van der Waals surface area contributed by atoms with E-state index in [1.54, 1.807) is 0 Å². The van der Waals surface area contributed by atoms with Gasteiger partial charge in [0.1, 0.15) is 12.4 Å². The summed E-state index contributed by atoms with van der Waals surface area (Å²) in [5.41, 5.74) is 3.39. The van der Waals surface area contributed by atoms with E-state index in [0.717, 1.165) is 30.2 Å². The topological polar surface area (TPSA) is 39.1 Å². The highest BCUT2D eigenvalue weighted by Gasteiger charge is 2.07. The Morgan fingerprint density at radius 2 is 2.10 bits per heavy atom. The zero-order valence-electron chi connectivity index (χ0n) is 13.4. The Morgan fingerprint density at radius 1 is 1.29 bits per heavy atom. The summed E-state index contributed by atoms with van der Waals surface area (Å²) in [5, 5.41) is 7.85. The van der Waals surface area contributed by atoms with Crippen LogP contribution in [0.2, 0.25) is 0 Å². The summed E-state index contributed by atoms with van der Waals surface area (Å²) >= 11 is 0. The molecule has 0 radical (unpaired) electrons. The third-order valence-corrected chi connectivity index (χ3v) is 3.54. The van der Waals surface area contributed by atoms with Gasteiger partial charge in [0.05, 0.1) is 11.4 Å². The Bertz CT molecular complexity index is 577. The number of nitrogens with one attached hydrogen (secondary N) is 1. The first-order valence-corrected chi connectivity index (χ1v) is 7.63. The lowest BCUT2D eigenvalue weighted by Gasteiger charge is -2.14. The van der Waals surface area contributed by atoms with Gasteiger partial charge in [-0.25, -0.2) is 0 Å². The van der Waals surface area contributed by atoms with Crippen LogP contribution in [0.15, 0.2) is 30.3 Å². The number of hydrogen-bond acceptors (Lipinski definition) is 3. The molecule has 0 aliphatic rings. The SMILES string of the molecule is CCNC(C)c1cccc(OCc2cc(C)nn2CC)c1. The molecule has 0 spiro atoms. The molecular weight excluding hydrogens is 262 g/mol. The van der Waals surface area contributed by atoms with Gasteiger partial charge in [-0.05, 0) is 51.1 Å². The lowest BCUT2D eigenvalue weighted by Crippen LogP contribution is -2.17. The molecule has 0 amide bonds. The first kappa shape index (κ1) is 15.6. The van der Waals surface area contributed by atoms with Crippen LogP contribution in [-0.2, 0) is 13.2 Å². The van der Waals surface area contributed by atoms with E-state index in [2.05, 4.69) is 49.4 Å². The van der Waals surface area contributed by atoms with Crippen LogP contribution in [0.25, 0.3) is 0 Å². The van der Waals surface area contributed by atoms with Crippen LogP contribution < -0.4 is 10.1 Å². The summed E-state index contributed by atoms with van der Waals surface area (Å²) in [4.78, 5) is 0. The van der Waals surface area contributed by atoms with Gasteiger partial charge in [0, 0.05) is 12.6 Å². The van der Waals surface area contributed by atoms with Crippen LogP contribution in [-0.4, -0.2) is 16.3 Å². The zero-order chi connectivity index (χ0) is 15.2. The molecule has 1 aromatic heterocycles. The average molecular weight is 287 g/mol. The Kier molecular flexibility index (Phi) is 5.39. The van der Waals surface area contributed by atoms with Crippen molar-refractivity contribution < 1.29 is 4.74 Å². The summed E-state index contributed by atoms with van der Waals surface area (Å²) in [6, 6.07) is 10.7. The van der Waals surface area contributed by atoms with Gasteiger partial charge in [-0.1, -0.05) is 19.1 Å². The van der Waals surface area contributed by atoms with Crippen LogP contribution in [0.3, 0.4) is 0 Å². The fraction of sp³-hybridized carbons (Fsp3) is 0.471. The van der Waals surface area contributed by atoms with E-state index in [4.69, 9.17) is 4.74 Å². The molecule has 0 aliphatic heterocycles. The van der Waals surface area contributed by atoms with Crippen molar-refractivity contribution in [3.63, 3.8) is 0 Å². The maximum Gasteiger partial charge on any atom is 0.130 e. The predicted octanol–water partition coefficient (Wildman–Crippen LogP) is 3.46. The van der Waals surface area contributed by atoms with E-state index in [0.29, 0.717) is 12.6 Å². The summed E-state index contributed by atoms with van der Waals surface area (Å²) in [6.07, 6.45) is 0. The Labute approximate surface area is 127 Å². The van der Waals surface area contributed by atoms with Gasteiger partial charge in [-0.15, -0.1) is 0 Å². The zero-order valence-corrected chi connectivity index (χ0v) is 13.4. The van der Waals surface area contributed by atoms with E-state index in [1.807, 2.05) is 23.7 Å². The lowest BCUT2D eigenvalue weighted by atomic mass is 10.1. The summed E-state index contributed by atoms with van der Waals surface area (Å²) in [5.74, 6) is 0.902. The van der Waals surface area contributed by atoms with Crippen molar-refractivity contribution in [2.45, 2.75) is 46.9 Å². The second kappa shape index (κ2) is 7.27. The van der Waals surface area contributed by atoms with Gasteiger partial charge >= 0.3 is 0 Å². The fourth-order valence-electron chi connectivity index (χ4n) is 2.44. The van der Waals surface area contributed by atoms with Crippen molar-refractivity contribution in [1.82, 2.24) is 15.1 Å². The normalized spacial score (nSPS) is 12.4. The van der Waals surface area contributed by atoms with Crippen molar-refractivity contribution in [3.8, 4) is 5.75 Å². The van der Waals surface area contributed by atoms with E-state index < -0.39 is 0 Å². The van der Waals surface area contributed by atoms with Crippen LogP contribution in [0.5, 0.6) is 5.75 Å². The minimum absolute atomic E-state index is 0.335. The summed E-state index contributed by atoms with van der Waals surface area (Å²) in [6.45, 7) is 10.8. The molecule has 1 N–H and O–H groups in total. The van der Waals surface area contributed by atoms with Gasteiger partial charge in [-0.3, -0.25) is 4.68 Å². The maximum atomic E-state index is 5.93. The van der Waals surface area contributed by atoms with Crippen molar-refractivity contribution in [1.29, 1.82) is 0 Å². The molecule has 4 heteroatoms. The van der Waals surface area contributed by atoms with E-state index >= 15 is 0 Å². The van der Waals surface area contributed by atoms with Crippen molar-refractivity contribution in [2.24, 2.45) is 0 Å². The minimum Gasteiger partial charge on any atom is -0.487 e. The molecule has 0 bridgehead atoms. The van der Waals surface area contributed by atoms with Gasteiger partial charge in [0.15, 0.2) is 0 Å². The fourth-order valence-corrected chi connectivity index (χ4v) is 2.44. The average Bonchev–Trinajstić information content (AvgIpc) is 2.86. The number of aryl methyl sites for hydroxylation is 2. The summed E-state index contributed by atoms with van der Waals surface area (Å²) < 4.78 is 7.91. The van der Waals surface area contributed by atoms with E-state index in [-0.39, 0.29) is 0 Å². The molecule has 21 heavy (non-hydrogen) atoms. The number of nitrogens with zero attached hydrogens (tertiary/aromatic N) is 2. The van der Waals surface area contributed by atoms with Gasteiger partial charge in [0.2, 0.25) is 0 Å². The van der Waals surface area contributed by atoms with Gasteiger partial charge in [0.25, 0.3) is 0 Å². The van der Waals surface area contributed by atoms with Crippen molar-refractivity contribution in [2.75, 3.05) is 6.54 Å². The van der Waals surface area contributed by atoms with Crippen LogP contribution in [0.4, 0.5) is 0 Å². The highest BCUT2D eigenvalue weighted by molar-refractivity contribution is 5.30. The van der Waals surface area contributed by atoms with Crippen LogP contribution in [0, 0.1) is 6.92 Å². The number of aromatic nitrogens is 2. The number of rotatable bonds is 7. The molecule has 0 aliphatic carbocycles. The quantitative estimate of drug-likeness (QED) is 0.847. The first-order chi connectivity index (χ1) is 10.1. The van der Waals surface area contributed by atoms with E-state index in [1.165, 1.54) is 5.56 Å². The molecule has 0 saturated heterocycles. The second-order valence-corrected chi connectivity index (χ2v) is 5.23. The largest absolute Gasteiger partial charge is 0.487 e. The van der Waals surface area contributed by atoms with Gasteiger partial charge in [-0.2, -0.15) is 5.10 Å². The Morgan fingerprint density at radius 3 is 2.81 bits per heavy atom. The Hall–Kier alpha value is -1.81. The molecule has 1 aromatic carbocycles. The smallest absolute Gasteiger partial charge is 0.130 e. The molecular formula is C17H25N3O. The monoisotopic (exact) mass is 287 g/mol. The van der Waals surface area contributed by atoms with Crippen LogP contribution in [0.1, 0.15) is 43.8 Å². The molecule has 0 fully saturated rings. The number of ether oxygens (including phenoxy) is 1. The molecule has 1 atom stereocenters. The van der Waals surface area contributed by atoms with Crippen LogP contribution >= 0.6 is 0 Å². The highest BCUT2D eigenvalue weighted by atomic mass is 16.5. The third-order valence-electron chi connectivity index (χ3n) is 3.54. The third kappa shape index (κ3) is 4.08. The van der Waals surface area contributed by atoms with Gasteiger partial charge < -0.3 is 10.1 Å². The standard InChI is InChI=1S/C17H25N3O/c1-5-18-14(4)15-8-7-9-17(11-15)21-12-16-10-13(3)19-20(16)6-2/h7-11,14,18H,5-6,12H2,1-4H3. The second-order valence-electron chi connectivity index (χ2n) is 5.23. The molecule has 2 aromatic rings. The summed E-state index contributed by atoms with van der Waals surface area (Å²) in [7, 11) is 0. The minimum atomic E-state index is 0.335. The molecule has 1 heterocycles. The molecule has 114 valence electrons. The predicted molar refractivity (Wildman–Crippen MR) is 85.5 cm³/mol. The number of benzene rings is 1. The Balaban J connectivity index is 2.04. The molecule has 1 unspecified atom stereocenters. The van der Waals surface area contributed by atoms with Crippen molar-refractivity contribution in [3.05, 3.63) is 47.3 Å².